The summed E-state index contributed by atoms with van der Waals surface area (Å²) in [5.41, 5.74) is 1.17. The van der Waals surface area contributed by atoms with E-state index in [1.807, 2.05) is 37.4 Å². The summed E-state index contributed by atoms with van der Waals surface area (Å²) in [6.07, 6.45) is 2.54. The van der Waals surface area contributed by atoms with Crippen LogP contribution in [0.5, 0.6) is 0 Å². The molecule has 1 atom stereocenters. The molecular weight excluding hydrogens is 240 g/mol. The summed E-state index contributed by atoms with van der Waals surface area (Å²) in [6, 6.07) is 10.2. The van der Waals surface area contributed by atoms with Crippen molar-refractivity contribution in [3.8, 4) is 0 Å². The van der Waals surface area contributed by atoms with Gasteiger partial charge in [0.25, 0.3) is 0 Å². The molecule has 0 unspecified atom stereocenters. The third-order valence-corrected chi connectivity index (χ3v) is 3.52. The smallest absolute Gasteiger partial charge is 0.237 e. The van der Waals surface area contributed by atoms with Crippen molar-refractivity contribution in [2.45, 2.75) is 31.3 Å². The third kappa shape index (κ3) is 4.33. The van der Waals surface area contributed by atoms with Gasteiger partial charge in [-0.15, -0.1) is 0 Å². The first-order valence-electron chi connectivity index (χ1n) is 6.89. The Balaban J connectivity index is 1.87. The summed E-state index contributed by atoms with van der Waals surface area (Å²) >= 11 is 0. The van der Waals surface area contributed by atoms with Crippen molar-refractivity contribution >= 4 is 5.91 Å². The maximum Gasteiger partial charge on any atom is 0.237 e. The van der Waals surface area contributed by atoms with Crippen LogP contribution in [0.2, 0.25) is 0 Å². The van der Waals surface area contributed by atoms with Gasteiger partial charge in [0.05, 0.1) is 6.04 Å². The van der Waals surface area contributed by atoms with Crippen molar-refractivity contribution in [3.63, 3.8) is 0 Å². The molecule has 1 saturated heterocycles. The minimum atomic E-state index is -0.176. The zero-order chi connectivity index (χ0) is 13.5. The van der Waals surface area contributed by atoms with Crippen molar-refractivity contribution in [3.05, 3.63) is 35.9 Å². The van der Waals surface area contributed by atoms with Crippen molar-refractivity contribution in [1.82, 2.24) is 10.6 Å². The first kappa shape index (κ1) is 14.0. The number of benzene rings is 1. The monoisotopic (exact) mass is 262 g/mol. The molecule has 104 valence electrons. The van der Waals surface area contributed by atoms with E-state index < -0.39 is 0 Å². The molecule has 4 heteroatoms. The second-order valence-corrected chi connectivity index (χ2v) is 4.93. The maximum atomic E-state index is 12.2. The molecule has 1 fully saturated rings. The number of ether oxygens (including phenoxy) is 1. The summed E-state index contributed by atoms with van der Waals surface area (Å²) in [5, 5.41) is 6.21. The minimum Gasteiger partial charge on any atom is -0.381 e. The van der Waals surface area contributed by atoms with Gasteiger partial charge in [-0.2, -0.15) is 0 Å². The van der Waals surface area contributed by atoms with Crippen LogP contribution in [0.4, 0.5) is 0 Å². The summed E-state index contributed by atoms with van der Waals surface area (Å²) < 4.78 is 5.30. The Morgan fingerprint density at radius 2 is 2.00 bits per heavy atom. The molecule has 4 nitrogen and oxygen atoms in total. The van der Waals surface area contributed by atoms with Gasteiger partial charge in [-0.3, -0.25) is 4.79 Å². The van der Waals surface area contributed by atoms with Crippen LogP contribution in [-0.4, -0.2) is 38.3 Å². The van der Waals surface area contributed by atoms with Crippen LogP contribution in [0.15, 0.2) is 30.3 Å². The fourth-order valence-corrected chi connectivity index (χ4v) is 2.32. The number of carbonyl (C=O) groups excluding carboxylic acids is 1. The second-order valence-electron chi connectivity index (χ2n) is 4.93. The van der Waals surface area contributed by atoms with Gasteiger partial charge in [0, 0.05) is 19.3 Å². The molecule has 0 radical (unpaired) electrons. The lowest BCUT2D eigenvalue weighted by Gasteiger charge is -2.25. The number of carbonyl (C=O) groups is 1. The van der Waals surface area contributed by atoms with E-state index in [0.29, 0.717) is 6.42 Å². The van der Waals surface area contributed by atoms with E-state index >= 15 is 0 Å². The highest BCUT2D eigenvalue weighted by molar-refractivity contribution is 5.82. The van der Waals surface area contributed by atoms with Crippen LogP contribution in [0.3, 0.4) is 0 Å². The zero-order valence-corrected chi connectivity index (χ0v) is 11.4. The Morgan fingerprint density at radius 3 is 2.63 bits per heavy atom. The van der Waals surface area contributed by atoms with Crippen LogP contribution < -0.4 is 10.6 Å². The first-order valence-corrected chi connectivity index (χ1v) is 6.89. The fourth-order valence-electron chi connectivity index (χ4n) is 2.32. The number of hydrogen-bond donors (Lipinski definition) is 2. The predicted molar refractivity (Wildman–Crippen MR) is 75.0 cm³/mol. The zero-order valence-electron chi connectivity index (χ0n) is 11.4. The number of rotatable bonds is 5. The summed E-state index contributed by atoms with van der Waals surface area (Å²) in [4.78, 5) is 12.2. The summed E-state index contributed by atoms with van der Waals surface area (Å²) in [7, 11) is 1.83. The van der Waals surface area contributed by atoms with Gasteiger partial charge in [-0.25, -0.2) is 0 Å². The van der Waals surface area contributed by atoms with Crippen LogP contribution in [0, 0.1) is 0 Å². The van der Waals surface area contributed by atoms with Gasteiger partial charge in [0.1, 0.15) is 0 Å². The highest BCUT2D eigenvalue weighted by Crippen LogP contribution is 2.08. The van der Waals surface area contributed by atoms with Gasteiger partial charge in [0.2, 0.25) is 5.91 Å². The van der Waals surface area contributed by atoms with Gasteiger partial charge in [0.15, 0.2) is 0 Å². The Kier molecular flexibility index (Phi) is 5.36. The van der Waals surface area contributed by atoms with Crippen molar-refractivity contribution in [2.24, 2.45) is 0 Å². The highest BCUT2D eigenvalue weighted by atomic mass is 16.5. The molecule has 1 aromatic rings. The molecule has 0 saturated carbocycles. The lowest BCUT2D eigenvalue weighted by Crippen LogP contribution is -2.49. The Morgan fingerprint density at radius 1 is 1.32 bits per heavy atom. The molecular formula is C15H22N2O2. The molecule has 1 heterocycles. The molecule has 2 N–H and O–H groups in total. The van der Waals surface area contributed by atoms with Crippen LogP contribution in [-0.2, 0) is 16.0 Å². The second kappa shape index (κ2) is 7.26. The van der Waals surface area contributed by atoms with Crippen LogP contribution in [0.25, 0.3) is 0 Å². The fraction of sp³-hybridized carbons (Fsp3) is 0.533. The maximum absolute atomic E-state index is 12.2. The Bertz CT molecular complexity index is 388. The molecule has 0 spiro atoms. The summed E-state index contributed by atoms with van der Waals surface area (Å²) in [5.74, 6) is 0.0817. The van der Waals surface area contributed by atoms with E-state index in [-0.39, 0.29) is 18.0 Å². The molecule has 2 rings (SSSR count). The normalized spacial score (nSPS) is 17.9. The number of likely N-dealkylation sites (N-methyl/N-ethyl adjacent to an activating group) is 1. The predicted octanol–water partition coefficient (Wildman–Crippen LogP) is 1.11. The van der Waals surface area contributed by atoms with Gasteiger partial charge >= 0.3 is 0 Å². The number of amides is 1. The molecule has 0 aromatic heterocycles. The van der Waals surface area contributed by atoms with Crippen molar-refractivity contribution in [1.29, 1.82) is 0 Å². The standard InChI is InChI=1S/C15H22N2O2/c1-16-14(11-12-5-3-2-4-6-12)15(18)17-13-7-9-19-10-8-13/h2-6,13-14,16H,7-11H2,1H3,(H,17,18)/t14-/m0/s1. The van der Waals surface area contributed by atoms with Crippen molar-refractivity contribution in [2.75, 3.05) is 20.3 Å². The Labute approximate surface area is 114 Å². The summed E-state index contributed by atoms with van der Waals surface area (Å²) in [6.45, 7) is 1.49. The van der Waals surface area contributed by atoms with Gasteiger partial charge < -0.3 is 15.4 Å². The quantitative estimate of drug-likeness (QED) is 0.836. The average Bonchev–Trinajstić information content (AvgIpc) is 2.47. The largest absolute Gasteiger partial charge is 0.381 e. The van der Waals surface area contributed by atoms with Crippen LogP contribution in [0.1, 0.15) is 18.4 Å². The van der Waals surface area contributed by atoms with E-state index in [1.165, 1.54) is 5.56 Å². The molecule has 1 amide bonds. The lowest BCUT2D eigenvalue weighted by atomic mass is 10.0. The van der Waals surface area contributed by atoms with E-state index in [1.54, 1.807) is 0 Å². The van der Waals surface area contributed by atoms with Gasteiger partial charge in [-0.1, -0.05) is 30.3 Å². The molecule has 19 heavy (non-hydrogen) atoms. The van der Waals surface area contributed by atoms with E-state index in [4.69, 9.17) is 4.74 Å². The molecule has 0 bridgehead atoms. The lowest BCUT2D eigenvalue weighted by molar-refractivity contribution is -0.124. The molecule has 0 aliphatic carbocycles. The molecule has 1 aromatic carbocycles. The van der Waals surface area contributed by atoms with Crippen molar-refractivity contribution < 1.29 is 9.53 Å². The molecule has 1 aliphatic heterocycles. The highest BCUT2D eigenvalue weighted by Gasteiger charge is 2.21. The number of nitrogens with one attached hydrogen (secondary N) is 2. The van der Waals surface area contributed by atoms with E-state index in [9.17, 15) is 4.79 Å². The molecule has 1 aliphatic rings. The Hall–Kier alpha value is -1.39. The third-order valence-electron chi connectivity index (χ3n) is 3.52. The van der Waals surface area contributed by atoms with Crippen LogP contribution >= 0.6 is 0 Å². The minimum absolute atomic E-state index is 0.0817. The number of hydrogen-bond acceptors (Lipinski definition) is 3. The topological polar surface area (TPSA) is 50.4 Å². The first-order chi connectivity index (χ1) is 9.29. The van der Waals surface area contributed by atoms with Gasteiger partial charge in [-0.05, 0) is 31.9 Å². The van der Waals surface area contributed by atoms with E-state index in [0.717, 1.165) is 26.1 Å². The SMILES string of the molecule is CN[C@@H](Cc1ccccc1)C(=O)NC1CCOCC1. The van der Waals surface area contributed by atoms with E-state index in [2.05, 4.69) is 10.6 Å². The average molecular weight is 262 g/mol.